The molecule has 0 radical (unpaired) electrons. The molecule has 10 aromatic rings. The summed E-state index contributed by atoms with van der Waals surface area (Å²) < 4.78 is 17.0. The Morgan fingerprint density at radius 1 is 0.468 bits per heavy atom. The van der Waals surface area contributed by atoms with Crippen molar-refractivity contribution in [2.24, 2.45) is 0 Å². The Labute approximate surface area is 356 Å². The predicted octanol–water partition coefficient (Wildman–Crippen LogP) is 11.5. The molecule has 13 rings (SSSR count). The van der Waals surface area contributed by atoms with Crippen LogP contribution in [0.2, 0.25) is 0 Å². The molecule has 7 nitrogen and oxygen atoms in total. The van der Waals surface area contributed by atoms with E-state index in [0.717, 1.165) is 73.9 Å². The van der Waals surface area contributed by atoms with E-state index in [0.29, 0.717) is 30.8 Å². The lowest BCUT2D eigenvalue weighted by Gasteiger charge is -2.22. The van der Waals surface area contributed by atoms with Gasteiger partial charge in [-0.2, -0.15) is 9.13 Å². The van der Waals surface area contributed by atoms with Crippen LogP contribution in [0.5, 0.6) is 11.5 Å². The fourth-order valence-corrected chi connectivity index (χ4v) is 9.98. The quantitative estimate of drug-likeness (QED) is 0.0985. The smallest absolute Gasteiger partial charge is 0.293 e. The van der Waals surface area contributed by atoms with Crippen LogP contribution in [0.4, 0.5) is 0 Å². The van der Waals surface area contributed by atoms with E-state index >= 15 is 0 Å². The van der Waals surface area contributed by atoms with Crippen LogP contribution in [0, 0.1) is 0 Å². The van der Waals surface area contributed by atoms with Gasteiger partial charge in [0, 0.05) is 28.8 Å². The molecule has 1 aliphatic carbocycles. The number of nitrogens with zero attached hydrogens (tertiary/aromatic N) is 5. The Bertz CT molecular complexity index is 3630. The predicted molar refractivity (Wildman–Crippen MR) is 246 cm³/mol. The summed E-state index contributed by atoms with van der Waals surface area (Å²) >= 11 is 0. The van der Waals surface area contributed by atoms with Gasteiger partial charge in [-0.1, -0.05) is 115 Å². The molecule has 0 bridgehead atoms. The minimum Gasteiger partial charge on any atom is -0.480 e. The standard InChI is InChI=1S/C55H37N5O2/c1-2-5-14-34(13-4-1)53-56-54(35-15-6-3-7-16-35)58-55(57-53)44-20-10-19-37-36(44)23-24-45-48(40-25-27-46-51-42(40)21-11-29-59(51)31-32-61-46)38-17-8-9-18-39(38)49(50(37)45)41-26-28-47-52-43(41)22-12-30-60(52)33-62-47/h1-4,6-30H,5,31-33H2/q+2. The fraction of sp³-hybridized carbons (Fsp3) is 0.0727. The zero-order chi connectivity index (χ0) is 40.7. The van der Waals surface area contributed by atoms with Gasteiger partial charge in [-0.25, -0.2) is 15.0 Å². The molecule has 292 valence electrons. The zero-order valence-corrected chi connectivity index (χ0v) is 33.6. The van der Waals surface area contributed by atoms with Crippen LogP contribution in [0.25, 0.3) is 105 Å². The molecule has 7 heteroatoms. The summed E-state index contributed by atoms with van der Waals surface area (Å²) in [6, 6.07) is 47.9. The third-order valence-corrected chi connectivity index (χ3v) is 12.7. The Balaban J connectivity index is 1.16. The molecule has 0 fully saturated rings. The molecule has 3 aliphatic rings. The third-order valence-electron chi connectivity index (χ3n) is 12.7. The van der Waals surface area contributed by atoms with Crippen molar-refractivity contribution in [3.05, 3.63) is 182 Å². The summed E-state index contributed by atoms with van der Waals surface area (Å²) in [7, 11) is 0. The number of hydrogen-bond donors (Lipinski definition) is 0. The third kappa shape index (κ3) is 5.28. The highest BCUT2D eigenvalue weighted by atomic mass is 16.5. The van der Waals surface area contributed by atoms with E-state index in [1.807, 2.05) is 18.2 Å². The molecule has 2 aliphatic heterocycles. The van der Waals surface area contributed by atoms with Crippen molar-refractivity contribution in [3.63, 3.8) is 0 Å². The van der Waals surface area contributed by atoms with Gasteiger partial charge in [0.2, 0.25) is 0 Å². The van der Waals surface area contributed by atoms with Gasteiger partial charge in [-0.15, -0.1) is 0 Å². The first-order valence-electron chi connectivity index (χ1n) is 21.2. The maximum absolute atomic E-state index is 6.25. The van der Waals surface area contributed by atoms with Gasteiger partial charge >= 0.3 is 0 Å². The largest absolute Gasteiger partial charge is 0.480 e. The molecule has 7 aromatic carbocycles. The van der Waals surface area contributed by atoms with Gasteiger partial charge in [0.05, 0.1) is 10.8 Å². The second-order valence-electron chi connectivity index (χ2n) is 16.1. The lowest BCUT2D eigenvalue weighted by Crippen LogP contribution is -2.40. The van der Waals surface area contributed by atoms with Crippen LogP contribution in [0.3, 0.4) is 0 Å². The van der Waals surface area contributed by atoms with Crippen LogP contribution < -0.4 is 18.6 Å². The van der Waals surface area contributed by atoms with E-state index in [9.17, 15) is 0 Å². The lowest BCUT2D eigenvalue weighted by atomic mass is 9.82. The highest BCUT2D eigenvalue weighted by Gasteiger charge is 2.29. The lowest BCUT2D eigenvalue weighted by molar-refractivity contribution is -0.688. The van der Waals surface area contributed by atoms with Crippen molar-refractivity contribution >= 4 is 59.7 Å². The molecule has 5 heterocycles. The summed E-state index contributed by atoms with van der Waals surface area (Å²) in [6.45, 7) is 1.96. The Morgan fingerprint density at radius 3 is 2.00 bits per heavy atom. The average Bonchev–Trinajstić information content (AvgIpc) is 3.56. The normalized spacial score (nSPS) is 14.1. The van der Waals surface area contributed by atoms with Gasteiger partial charge in [0.1, 0.15) is 6.61 Å². The van der Waals surface area contributed by atoms with Crippen molar-refractivity contribution in [1.29, 1.82) is 0 Å². The number of rotatable bonds is 5. The molecule has 62 heavy (non-hydrogen) atoms. The minimum absolute atomic E-state index is 0.498. The molecule has 3 aromatic heterocycles. The number of pyridine rings is 2. The number of allylic oxidation sites excluding steroid dienone is 6. The second-order valence-corrected chi connectivity index (χ2v) is 16.1. The minimum atomic E-state index is 0.498. The monoisotopic (exact) mass is 799 g/mol. The first-order chi connectivity index (χ1) is 30.8. The Hall–Kier alpha value is -8.03. The number of fused-ring (bicyclic) bond motifs is 4. The maximum Gasteiger partial charge on any atom is 0.293 e. The molecule has 0 spiro atoms. The summed E-state index contributed by atoms with van der Waals surface area (Å²) in [5.41, 5.74) is 9.79. The van der Waals surface area contributed by atoms with Crippen molar-refractivity contribution in [3.8, 4) is 56.5 Å². The molecule has 0 saturated carbocycles. The van der Waals surface area contributed by atoms with E-state index in [4.69, 9.17) is 24.4 Å². The summed E-state index contributed by atoms with van der Waals surface area (Å²) in [5.74, 6) is 3.74. The SMILES string of the molecule is C1=CCC=C(c2nc(-c3ccccc3)nc(-c3cccc4c3ccc3c(-c5ccc6c7c5ccc[n+]7CCO6)c5ccccc5c(-c5ccc6c7c5ccc[n+]7CO6)c34)n2)C=C1. The summed E-state index contributed by atoms with van der Waals surface area (Å²) in [5, 5.41) is 9.21. The Kier molecular flexibility index (Phi) is 7.72. The number of hydrogen-bond acceptors (Lipinski definition) is 5. The fourth-order valence-electron chi connectivity index (χ4n) is 9.98. The Morgan fingerprint density at radius 2 is 1.15 bits per heavy atom. The zero-order valence-electron chi connectivity index (χ0n) is 33.6. The van der Waals surface area contributed by atoms with Gasteiger partial charge in [0.15, 0.2) is 47.9 Å². The first-order valence-corrected chi connectivity index (χ1v) is 21.2. The molecule has 0 unspecified atom stereocenters. The first kappa shape index (κ1) is 34.8. The van der Waals surface area contributed by atoms with Crippen LogP contribution in [0.1, 0.15) is 12.2 Å². The van der Waals surface area contributed by atoms with Crippen LogP contribution in [-0.4, -0.2) is 21.6 Å². The van der Waals surface area contributed by atoms with Crippen molar-refractivity contribution in [2.75, 3.05) is 6.61 Å². The number of ether oxygens (including phenoxy) is 2. The van der Waals surface area contributed by atoms with Gasteiger partial charge < -0.3 is 9.47 Å². The van der Waals surface area contributed by atoms with Gasteiger partial charge in [-0.05, 0) is 97.4 Å². The average molecular weight is 800 g/mol. The highest BCUT2D eigenvalue weighted by molar-refractivity contribution is 6.31. The van der Waals surface area contributed by atoms with Gasteiger partial charge in [0.25, 0.3) is 17.8 Å². The van der Waals surface area contributed by atoms with Crippen molar-refractivity contribution < 1.29 is 18.6 Å². The van der Waals surface area contributed by atoms with Crippen LogP contribution in [-0.2, 0) is 13.3 Å². The molecule has 0 amide bonds. The summed E-state index contributed by atoms with van der Waals surface area (Å²) in [6.07, 6.45) is 15.6. The van der Waals surface area contributed by atoms with Crippen molar-refractivity contribution in [1.82, 2.24) is 15.0 Å². The number of aromatic nitrogens is 5. The number of benzene rings is 7. The topological polar surface area (TPSA) is 64.9 Å². The molecular formula is C55H37N5O2+2. The van der Waals surface area contributed by atoms with Crippen molar-refractivity contribution in [2.45, 2.75) is 19.7 Å². The molecule has 0 atom stereocenters. The van der Waals surface area contributed by atoms with Crippen LogP contribution >= 0.6 is 0 Å². The van der Waals surface area contributed by atoms with E-state index in [2.05, 4.69) is 167 Å². The van der Waals surface area contributed by atoms with E-state index < -0.39 is 0 Å². The highest BCUT2D eigenvalue weighted by Crippen LogP contribution is 2.50. The molecule has 0 N–H and O–H groups in total. The molecule has 0 saturated heterocycles. The van der Waals surface area contributed by atoms with E-state index in [1.54, 1.807) is 0 Å². The second kappa shape index (κ2) is 13.8. The summed E-state index contributed by atoms with van der Waals surface area (Å²) in [4.78, 5) is 15.5. The van der Waals surface area contributed by atoms with Gasteiger partial charge in [-0.3, -0.25) is 0 Å². The van der Waals surface area contributed by atoms with Crippen LogP contribution in [0.15, 0.2) is 176 Å². The maximum atomic E-state index is 6.25. The van der Waals surface area contributed by atoms with E-state index in [-0.39, 0.29) is 0 Å². The van der Waals surface area contributed by atoms with E-state index in [1.165, 1.54) is 43.6 Å². The molecular weight excluding hydrogens is 763 g/mol.